The molecule has 0 fully saturated rings. The molecule has 2 rings (SSSR count). The fourth-order valence-electron chi connectivity index (χ4n) is 1.48. The third-order valence-electron chi connectivity index (χ3n) is 2.39. The van der Waals surface area contributed by atoms with Gasteiger partial charge < -0.3 is 5.73 Å². The summed E-state index contributed by atoms with van der Waals surface area (Å²) in [5.41, 5.74) is 4.88. The van der Waals surface area contributed by atoms with Crippen molar-refractivity contribution in [1.29, 1.82) is 0 Å². The monoisotopic (exact) mass is 269 g/mol. The Bertz CT molecular complexity index is 708. The number of nitrogens with zero attached hydrogens (tertiary/aromatic N) is 1. The zero-order valence-electron chi connectivity index (χ0n) is 9.11. The second-order valence-corrected chi connectivity index (χ2v) is 4.12. The quantitative estimate of drug-likeness (QED) is 0.797. The third kappa shape index (κ3) is 2.43. The van der Waals surface area contributed by atoms with Crippen LogP contribution in [0.25, 0.3) is 0 Å². The van der Waals surface area contributed by atoms with Gasteiger partial charge in [-0.3, -0.25) is 14.3 Å². The first kappa shape index (κ1) is 12.4. The van der Waals surface area contributed by atoms with Crippen LogP contribution in [0.15, 0.2) is 34.0 Å². The summed E-state index contributed by atoms with van der Waals surface area (Å²) in [5.74, 6) is -1.03. The molecule has 0 amide bonds. The molecule has 0 saturated heterocycles. The highest BCUT2D eigenvalue weighted by molar-refractivity contribution is 6.31. The van der Waals surface area contributed by atoms with Crippen LogP contribution in [0.2, 0.25) is 5.02 Å². The highest BCUT2D eigenvalue weighted by Gasteiger charge is 2.06. The van der Waals surface area contributed by atoms with E-state index < -0.39 is 17.1 Å². The van der Waals surface area contributed by atoms with Crippen molar-refractivity contribution in [2.45, 2.75) is 6.54 Å². The number of rotatable bonds is 2. The fraction of sp³-hybridized carbons (Fsp3) is 0.0909. The molecule has 0 aliphatic carbocycles. The second kappa shape index (κ2) is 4.66. The number of anilines is 1. The zero-order valence-corrected chi connectivity index (χ0v) is 9.87. The van der Waals surface area contributed by atoms with Crippen molar-refractivity contribution in [2.75, 3.05) is 5.73 Å². The first-order valence-electron chi connectivity index (χ1n) is 5.00. The van der Waals surface area contributed by atoms with E-state index in [1.165, 1.54) is 6.07 Å². The van der Waals surface area contributed by atoms with Crippen molar-refractivity contribution in [3.8, 4) is 0 Å². The maximum Gasteiger partial charge on any atom is 0.328 e. The third-order valence-corrected chi connectivity index (χ3v) is 2.74. The Labute approximate surface area is 106 Å². The molecule has 7 heteroatoms. The van der Waals surface area contributed by atoms with E-state index in [1.54, 1.807) is 12.1 Å². The normalized spacial score (nSPS) is 10.6. The van der Waals surface area contributed by atoms with Gasteiger partial charge in [0.25, 0.3) is 5.56 Å². The minimum atomic E-state index is -1.04. The van der Waals surface area contributed by atoms with E-state index in [0.29, 0.717) is 16.3 Å². The lowest BCUT2D eigenvalue weighted by atomic mass is 10.2. The zero-order chi connectivity index (χ0) is 13.3. The predicted octanol–water partition coefficient (Wildman–Crippen LogP) is 0.960. The number of hydrogen-bond acceptors (Lipinski definition) is 3. The van der Waals surface area contributed by atoms with Gasteiger partial charge in [0.15, 0.2) is 0 Å². The molecule has 0 saturated carbocycles. The molecule has 1 heterocycles. The van der Waals surface area contributed by atoms with Crippen LogP contribution in [0.3, 0.4) is 0 Å². The number of hydrogen-bond donors (Lipinski definition) is 2. The fourth-order valence-corrected chi connectivity index (χ4v) is 1.72. The maximum absolute atomic E-state index is 13.1. The molecule has 0 atom stereocenters. The number of H-pyrrole nitrogens is 1. The number of aromatic amines is 1. The highest BCUT2D eigenvalue weighted by atomic mass is 35.5. The molecule has 0 aliphatic rings. The first-order valence-corrected chi connectivity index (χ1v) is 5.38. The lowest BCUT2D eigenvalue weighted by Gasteiger charge is -2.07. The molecular weight excluding hydrogens is 261 g/mol. The minimum absolute atomic E-state index is 0.0473. The van der Waals surface area contributed by atoms with E-state index >= 15 is 0 Å². The van der Waals surface area contributed by atoms with E-state index in [4.69, 9.17) is 17.3 Å². The van der Waals surface area contributed by atoms with Crippen molar-refractivity contribution in [2.24, 2.45) is 0 Å². The average molecular weight is 270 g/mol. The topological polar surface area (TPSA) is 80.9 Å². The standard InChI is InChI=1S/C11H9ClFN3O2/c12-8-3-7(14)2-1-6(8)4-16-5-9(13)10(17)15-11(16)18/h1-3,5H,4,14H2,(H,15,17,18). The van der Waals surface area contributed by atoms with Gasteiger partial charge in [0.1, 0.15) is 0 Å². The molecule has 3 N–H and O–H groups in total. The molecule has 0 unspecified atom stereocenters. The summed E-state index contributed by atoms with van der Waals surface area (Å²) >= 11 is 5.94. The number of nitrogens with two attached hydrogens (primary N) is 1. The summed E-state index contributed by atoms with van der Waals surface area (Å²) in [4.78, 5) is 24.2. The van der Waals surface area contributed by atoms with Crippen LogP contribution in [0.4, 0.5) is 10.1 Å². The Morgan fingerprint density at radius 2 is 2.11 bits per heavy atom. The van der Waals surface area contributed by atoms with Crippen molar-refractivity contribution in [3.63, 3.8) is 0 Å². The van der Waals surface area contributed by atoms with Crippen molar-refractivity contribution < 1.29 is 4.39 Å². The number of nitrogen functional groups attached to an aromatic ring is 1. The van der Waals surface area contributed by atoms with Gasteiger partial charge >= 0.3 is 5.69 Å². The highest BCUT2D eigenvalue weighted by Crippen LogP contribution is 2.19. The summed E-state index contributed by atoms with van der Waals surface area (Å²) in [5, 5.41) is 0.369. The summed E-state index contributed by atoms with van der Waals surface area (Å²) in [6.07, 6.45) is 0.841. The van der Waals surface area contributed by atoms with Crippen LogP contribution in [0.5, 0.6) is 0 Å². The van der Waals surface area contributed by atoms with Gasteiger partial charge in [0.05, 0.1) is 12.7 Å². The Hall–Kier alpha value is -2.08. The van der Waals surface area contributed by atoms with E-state index in [1.807, 2.05) is 4.98 Å². The molecule has 0 bridgehead atoms. The number of halogens is 2. The van der Waals surface area contributed by atoms with Crippen molar-refractivity contribution in [1.82, 2.24) is 9.55 Å². The second-order valence-electron chi connectivity index (χ2n) is 3.72. The molecule has 0 radical (unpaired) electrons. The van der Waals surface area contributed by atoms with Crippen LogP contribution in [0, 0.1) is 5.82 Å². The van der Waals surface area contributed by atoms with Crippen LogP contribution in [0.1, 0.15) is 5.56 Å². The van der Waals surface area contributed by atoms with Crippen LogP contribution in [-0.4, -0.2) is 9.55 Å². The molecule has 94 valence electrons. The molecule has 1 aromatic carbocycles. The Kier molecular flexibility index (Phi) is 3.20. The molecule has 0 aliphatic heterocycles. The Morgan fingerprint density at radius 3 is 2.78 bits per heavy atom. The molecule has 2 aromatic rings. The van der Waals surface area contributed by atoms with Gasteiger partial charge in [-0.15, -0.1) is 0 Å². The van der Waals surface area contributed by atoms with E-state index in [0.717, 1.165) is 10.8 Å². The van der Waals surface area contributed by atoms with Gasteiger partial charge in [0, 0.05) is 10.7 Å². The Balaban J connectivity index is 2.43. The van der Waals surface area contributed by atoms with Gasteiger partial charge in [0.2, 0.25) is 5.82 Å². The molecular formula is C11H9ClFN3O2. The maximum atomic E-state index is 13.1. The van der Waals surface area contributed by atoms with Gasteiger partial charge in [-0.25, -0.2) is 4.79 Å². The van der Waals surface area contributed by atoms with Crippen molar-refractivity contribution in [3.05, 3.63) is 61.6 Å². The lowest BCUT2D eigenvalue weighted by molar-refractivity contribution is 0.566. The number of aromatic nitrogens is 2. The SMILES string of the molecule is Nc1ccc(Cn2cc(F)c(=O)[nH]c2=O)c(Cl)c1. The van der Waals surface area contributed by atoms with Gasteiger partial charge in [-0.05, 0) is 17.7 Å². The molecule has 0 spiro atoms. The smallest absolute Gasteiger partial charge is 0.328 e. The largest absolute Gasteiger partial charge is 0.399 e. The molecule has 18 heavy (non-hydrogen) atoms. The number of nitrogens with one attached hydrogen (secondary N) is 1. The van der Waals surface area contributed by atoms with E-state index in [-0.39, 0.29) is 6.54 Å². The summed E-state index contributed by atoms with van der Waals surface area (Å²) in [7, 11) is 0. The Morgan fingerprint density at radius 1 is 1.39 bits per heavy atom. The van der Waals surface area contributed by atoms with Crippen molar-refractivity contribution >= 4 is 17.3 Å². The summed E-state index contributed by atoms with van der Waals surface area (Å²) in [6.45, 7) is 0.0473. The van der Waals surface area contributed by atoms with Crippen LogP contribution in [-0.2, 0) is 6.54 Å². The molecule has 5 nitrogen and oxygen atoms in total. The minimum Gasteiger partial charge on any atom is -0.399 e. The predicted molar refractivity (Wildman–Crippen MR) is 66.2 cm³/mol. The lowest BCUT2D eigenvalue weighted by Crippen LogP contribution is -2.31. The average Bonchev–Trinajstić information content (AvgIpc) is 2.29. The molecule has 1 aromatic heterocycles. The number of benzene rings is 1. The van der Waals surface area contributed by atoms with Crippen LogP contribution >= 0.6 is 11.6 Å². The summed E-state index contributed by atoms with van der Waals surface area (Å²) < 4.78 is 14.1. The van der Waals surface area contributed by atoms with Gasteiger partial charge in [-0.2, -0.15) is 4.39 Å². The van der Waals surface area contributed by atoms with E-state index in [9.17, 15) is 14.0 Å². The van der Waals surface area contributed by atoms with Crippen LogP contribution < -0.4 is 17.0 Å². The van der Waals surface area contributed by atoms with Gasteiger partial charge in [-0.1, -0.05) is 17.7 Å². The summed E-state index contributed by atoms with van der Waals surface area (Å²) in [6, 6.07) is 4.78. The first-order chi connectivity index (χ1) is 8.47. The van der Waals surface area contributed by atoms with E-state index in [2.05, 4.69) is 0 Å².